The Morgan fingerprint density at radius 1 is 1.45 bits per heavy atom. The Morgan fingerprint density at radius 2 is 2.15 bits per heavy atom. The molecular formula is C14H13N3O2S. The fraction of sp³-hybridized carbons (Fsp3) is 0.143. The van der Waals surface area contributed by atoms with Gasteiger partial charge in [-0.1, -0.05) is 30.3 Å². The Hall–Kier alpha value is -2.52. The van der Waals surface area contributed by atoms with Gasteiger partial charge in [0.1, 0.15) is 21.5 Å². The second-order valence-corrected chi connectivity index (χ2v) is 5.01. The molecule has 20 heavy (non-hydrogen) atoms. The Labute approximate surface area is 120 Å². The number of nitrogens with two attached hydrogens (primary N) is 1. The van der Waals surface area contributed by atoms with E-state index >= 15 is 0 Å². The molecule has 0 saturated carbocycles. The average molecular weight is 287 g/mol. The van der Waals surface area contributed by atoms with E-state index in [1.165, 1.54) is 7.11 Å². The summed E-state index contributed by atoms with van der Waals surface area (Å²) in [6, 6.07) is 11.7. The SMILES string of the molecule is COC(=O)c1c(NCc2ccccc2)sc(C#N)c1N. The highest BCUT2D eigenvalue weighted by molar-refractivity contribution is 7.17. The number of nitrogens with one attached hydrogen (secondary N) is 1. The number of hydrogen-bond donors (Lipinski definition) is 2. The van der Waals surface area contributed by atoms with Gasteiger partial charge < -0.3 is 15.8 Å². The Kier molecular flexibility index (Phi) is 4.23. The van der Waals surface area contributed by atoms with Crippen LogP contribution in [0.1, 0.15) is 20.8 Å². The van der Waals surface area contributed by atoms with Crippen LogP contribution in [0.15, 0.2) is 30.3 Å². The lowest BCUT2D eigenvalue weighted by Gasteiger charge is -2.06. The Morgan fingerprint density at radius 3 is 2.75 bits per heavy atom. The molecule has 0 aliphatic rings. The number of carbonyl (C=O) groups is 1. The van der Waals surface area contributed by atoms with Crippen molar-refractivity contribution in [3.8, 4) is 6.07 Å². The van der Waals surface area contributed by atoms with Crippen LogP contribution in [0, 0.1) is 11.3 Å². The van der Waals surface area contributed by atoms with Gasteiger partial charge in [-0.3, -0.25) is 0 Å². The van der Waals surface area contributed by atoms with Crippen LogP contribution >= 0.6 is 11.3 Å². The zero-order chi connectivity index (χ0) is 14.5. The maximum Gasteiger partial charge on any atom is 0.343 e. The zero-order valence-electron chi connectivity index (χ0n) is 10.8. The minimum absolute atomic E-state index is 0.167. The summed E-state index contributed by atoms with van der Waals surface area (Å²) in [4.78, 5) is 12.1. The molecule has 102 valence electrons. The first-order valence-electron chi connectivity index (χ1n) is 5.85. The van der Waals surface area contributed by atoms with Crippen molar-refractivity contribution in [1.29, 1.82) is 5.26 Å². The van der Waals surface area contributed by atoms with E-state index < -0.39 is 5.97 Å². The normalized spacial score (nSPS) is 9.80. The van der Waals surface area contributed by atoms with Crippen LogP contribution in [0.2, 0.25) is 0 Å². The van der Waals surface area contributed by atoms with Crippen molar-refractivity contribution in [2.75, 3.05) is 18.2 Å². The number of hydrogen-bond acceptors (Lipinski definition) is 6. The van der Waals surface area contributed by atoms with Crippen molar-refractivity contribution in [2.24, 2.45) is 0 Å². The van der Waals surface area contributed by atoms with E-state index in [-0.39, 0.29) is 11.3 Å². The Balaban J connectivity index is 2.27. The van der Waals surface area contributed by atoms with Crippen LogP contribution in [-0.2, 0) is 11.3 Å². The van der Waals surface area contributed by atoms with Gasteiger partial charge in [-0.2, -0.15) is 5.26 Å². The predicted octanol–water partition coefficient (Wildman–Crippen LogP) is 2.60. The van der Waals surface area contributed by atoms with Gasteiger partial charge >= 0.3 is 5.97 Å². The predicted molar refractivity (Wildman–Crippen MR) is 78.6 cm³/mol. The summed E-state index contributed by atoms with van der Waals surface area (Å²) in [5.74, 6) is -0.546. The molecular weight excluding hydrogens is 274 g/mol. The van der Waals surface area contributed by atoms with Crippen molar-refractivity contribution >= 4 is 28.0 Å². The molecule has 5 nitrogen and oxygen atoms in total. The number of carbonyl (C=O) groups excluding carboxylic acids is 1. The number of rotatable bonds is 4. The van der Waals surface area contributed by atoms with Crippen LogP contribution in [0.3, 0.4) is 0 Å². The van der Waals surface area contributed by atoms with Gasteiger partial charge in [0.25, 0.3) is 0 Å². The average Bonchev–Trinajstić information content (AvgIpc) is 2.81. The molecule has 0 aliphatic carbocycles. The van der Waals surface area contributed by atoms with Gasteiger partial charge in [0.05, 0.1) is 12.8 Å². The lowest BCUT2D eigenvalue weighted by Crippen LogP contribution is -2.08. The number of benzene rings is 1. The van der Waals surface area contributed by atoms with Crippen LogP contribution in [-0.4, -0.2) is 13.1 Å². The number of nitrogens with zero attached hydrogens (tertiary/aromatic N) is 1. The van der Waals surface area contributed by atoms with Crippen molar-refractivity contribution in [3.05, 3.63) is 46.3 Å². The van der Waals surface area contributed by atoms with Gasteiger partial charge in [0, 0.05) is 6.54 Å². The summed E-state index contributed by atoms with van der Waals surface area (Å²) in [6.07, 6.45) is 0. The number of esters is 1. The fourth-order valence-corrected chi connectivity index (χ4v) is 2.64. The highest BCUT2D eigenvalue weighted by Gasteiger charge is 2.22. The summed E-state index contributed by atoms with van der Waals surface area (Å²) in [7, 11) is 1.28. The highest BCUT2D eigenvalue weighted by atomic mass is 32.1. The van der Waals surface area contributed by atoms with Crippen LogP contribution in [0.25, 0.3) is 0 Å². The number of thiophene rings is 1. The van der Waals surface area contributed by atoms with E-state index in [4.69, 9.17) is 15.7 Å². The molecule has 1 aromatic carbocycles. The van der Waals surface area contributed by atoms with E-state index in [0.717, 1.165) is 16.9 Å². The van der Waals surface area contributed by atoms with Crippen molar-refractivity contribution in [1.82, 2.24) is 0 Å². The van der Waals surface area contributed by atoms with Crippen LogP contribution in [0.4, 0.5) is 10.7 Å². The van der Waals surface area contributed by atoms with Crippen LogP contribution < -0.4 is 11.1 Å². The summed E-state index contributed by atoms with van der Waals surface area (Å²) < 4.78 is 4.71. The third kappa shape index (κ3) is 2.73. The smallest absolute Gasteiger partial charge is 0.343 e. The molecule has 0 radical (unpaired) electrons. The fourth-order valence-electron chi connectivity index (χ4n) is 1.73. The molecule has 6 heteroatoms. The minimum Gasteiger partial charge on any atom is -0.465 e. The first kappa shape index (κ1) is 13.9. The molecule has 0 amide bonds. The molecule has 0 atom stereocenters. The van der Waals surface area contributed by atoms with E-state index in [0.29, 0.717) is 16.4 Å². The number of ether oxygens (including phenoxy) is 1. The van der Waals surface area contributed by atoms with Crippen molar-refractivity contribution < 1.29 is 9.53 Å². The van der Waals surface area contributed by atoms with Gasteiger partial charge in [-0.25, -0.2) is 4.79 Å². The lowest BCUT2D eigenvalue weighted by molar-refractivity contribution is 0.0603. The number of methoxy groups -OCH3 is 1. The van der Waals surface area contributed by atoms with E-state index in [2.05, 4.69) is 5.32 Å². The Bertz CT molecular complexity index is 659. The lowest BCUT2D eigenvalue weighted by atomic mass is 10.2. The summed E-state index contributed by atoms with van der Waals surface area (Å²) in [5.41, 5.74) is 7.26. The zero-order valence-corrected chi connectivity index (χ0v) is 11.7. The summed E-state index contributed by atoms with van der Waals surface area (Å²) >= 11 is 1.15. The quantitative estimate of drug-likeness (QED) is 0.844. The molecule has 1 heterocycles. The van der Waals surface area contributed by atoms with E-state index in [1.54, 1.807) is 0 Å². The van der Waals surface area contributed by atoms with E-state index in [1.807, 2.05) is 36.4 Å². The number of nitrogen functional groups attached to an aromatic ring is 1. The third-order valence-corrected chi connectivity index (χ3v) is 3.80. The molecule has 2 rings (SSSR count). The first-order valence-corrected chi connectivity index (χ1v) is 6.67. The molecule has 2 aromatic rings. The van der Waals surface area contributed by atoms with Gasteiger partial charge in [0.15, 0.2) is 0 Å². The molecule has 0 bridgehead atoms. The monoisotopic (exact) mass is 287 g/mol. The molecule has 1 aromatic heterocycles. The maximum absolute atomic E-state index is 11.8. The van der Waals surface area contributed by atoms with Gasteiger partial charge in [-0.05, 0) is 5.56 Å². The third-order valence-electron chi connectivity index (χ3n) is 2.73. The number of anilines is 2. The maximum atomic E-state index is 11.8. The molecule has 3 N–H and O–H groups in total. The first-order chi connectivity index (χ1) is 9.67. The van der Waals surface area contributed by atoms with E-state index in [9.17, 15) is 4.79 Å². The van der Waals surface area contributed by atoms with Gasteiger partial charge in [0.2, 0.25) is 0 Å². The molecule has 0 spiro atoms. The van der Waals surface area contributed by atoms with Crippen LogP contribution in [0.5, 0.6) is 0 Å². The summed E-state index contributed by atoms with van der Waals surface area (Å²) in [5, 5.41) is 12.7. The molecule has 0 unspecified atom stereocenters. The largest absolute Gasteiger partial charge is 0.465 e. The topological polar surface area (TPSA) is 88.1 Å². The molecule has 0 saturated heterocycles. The van der Waals surface area contributed by atoms with Gasteiger partial charge in [-0.15, -0.1) is 11.3 Å². The number of nitriles is 1. The standard InChI is InChI=1S/C14H13N3O2S/c1-19-14(18)11-12(16)10(7-15)20-13(11)17-8-9-5-3-2-4-6-9/h2-6,17H,8,16H2,1H3. The second-order valence-electron chi connectivity index (χ2n) is 3.99. The highest BCUT2D eigenvalue weighted by Crippen LogP contribution is 2.35. The second kappa shape index (κ2) is 6.08. The minimum atomic E-state index is -0.546. The van der Waals surface area contributed by atoms with Crippen molar-refractivity contribution in [2.45, 2.75) is 6.54 Å². The summed E-state index contributed by atoms with van der Waals surface area (Å²) in [6.45, 7) is 0.537. The molecule has 0 fully saturated rings. The molecule has 0 aliphatic heterocycles. The van der Waals surface area contributed by atoms with Crippen molar-refractivity contribution in [3.63, 3.8) is 0 Å².